The van der Waals surface area contributed by atoms with Gasteiger partial charge in [-0.3, -0.25) is 9.59 Å². The van der Waals surface area contributed by atoms with Gasteiger partial charge in [-0.15, -0.1) is 0 Å². The first kappa shape index (κ1) is 18.5. The van der Waals surface area contributed by atoms with Crippen LogP contribution in [0.1, 0.15) is 42.2 Å². The largest absolute Gasteiger partial charge is 0.341 e. The van der Waals surface area contributed by atoms with E-state index in [1.54, 1.807) is 17.7 Å². The van der Waals surface area contributed by atoms with E-state index in [0.29, 0.717) is 22.0 Å². The molecule has 7 heteroatoms. The van der Waals surface area contributed by atoms with Crippen molar-refractivity contribution in [2.45, 2.75) is 39.2 Å². The maximum absolute atomic E-state index is 12.6. The molecular formula is C19H23ClN4O2. The second-order valence-corrected chi connectivity index (χ2v) is 7.00. The highest BCUT2D eigenvalue weighted by Gasteiger charge is 2.25. The zero-order chi connectivity index (χ0) is 18.7. The predicted octanol–water partition coefficient (Wildman–Crippen LogP) is 2.96. The second kappa shape index (κ2) is 7.91. The normalized spacial score (nSPS) is 15.6. The summed E-state index contributed by atoms with van der Waals surface area (Å²) in [6.45, 7) is 5.07. The van der Waals surface area contributed by atoms with Crippen molar-refractivity contribution in [2.24, 2.45) is 0 Å². The first-order valence-electron chi connectivity index (χ1n) is 8.88. The highest BCUT2D eigenvalue weighted by molar-refractivity contribution is 6.32. The smallest absolute Gasteiger partial charge is 0.255 e. The lowest BCUT2D eigenvalue weighted by Gasteiger charge is -2.29. The summed E-state index contributed by atoms with van der Waals surface area (Å²) in [6, 6.07) is 6.75. The zero-order valence-electron chi connectivity index (χ0n) is 15.0. The molecule has 1 fully saturated rings. The minimum absolute atomic E-state index is 0.0331. The Labute approximate surface area is 158 Å². The number of nitrogens with one attached hydrogen (secondary N) is 1. The van der Waals surface area contributed by atoms with Crippen LogP contribution in [0.25, 0.3) is 5.69 Å². The minimum Gasteiger partial charge on any atom is -0.341 e. The zero-order valence-corrected chi connectivity index (χ0v) is 15.8. The van der Waals surface area contributed by atoms with Gasteiger partial charge >= 0.3 is 0 Å². The lowest BCUT2D eigenvalue weighted by atomic mass is 10.1. The van der Waals surface area contributed by atoms with Gasteiger partial charge in [-0.2, -0.15) is 5.10 Å². The van der Waals surface area contributed by atoms with Crippen molar-refractivity contribution in [2.75, 3.05) is 13.1 Å². The van der Waals surface area contributed by atoms with Crippen molar-refractivity contribution in [3.8, 4) is 5.69 Å². The van der Waals surface area contributed by atoms with Crippen molar-refractivity contribution >= 4 is 23.4 Å². The summed E-state index contributed by atoms with van der Waals surface area (Å²) in [4.78, 5) is 26.9. The van der Waals surface area contributed by atoms with E-state index in [2.05, 4.69) is 10.4 Å². The number of aromatic nitrogens is 2. The van der Waals surface area contributed by atoms with Gasteiger partial charge < -0.3 is 10.2 Å². The molecule has 1 aliphatic heterocycles. The Morgan fingerprint density at radius 2 is 1.88 bits per heavy atom. The van der Waals surface area contributed by atoms with Gasteiger partial charge in [0.1, 0.15) is 6.04 Å². The Kier molecular flexibility index (Phi) is 5.61. The molecule has 2 heterocycles. The average molecular weight is 375 g/mol. The molecule has 1 unspecified atom stereocenters. The van der Waals surface area contributed by atoms with Gasteiger partial charge in [-0.05, 0) is 45.2 Å². The van der Waals surface area contributed by atoms with Crippen LogP contribution in [0, 0.1) is 6.92 Å². The fraction of sp³-hybridized carbons (Fsp3) is 0.421. The molecule has 3 rings (SSSR count). The molecule has 0 bridgehead atoms. The van der Waals surface area contributed by atoms with Crippen LogP contribution in [-0.4, -0.2) is 45.6 Å². The number of carbonyl (C=O) groups excluding carboxylic acids is 2. The van der Waals surface area contributed by atoms with E-state index in [9.17, 15) is 9.59 Å². The van der Waals surface area contributed by atoms with Crippen LogP contribution in [0.2, 0.25) is 5.02 Å². The molecule has 2 amide bonds. The fourth-order valence-corrected chi connectivity index (χ4v) is 3.44. The number of amides is 2. The van der Waals surface area contributed by atoms with Crippen LogP contribution in [-0.2, 0) is 4.79 Å². The maximum atomic E-state index is 12.6. The minimum atomic E-state index is -0.566. The summed E-state index contributed by atoms with van der Waals surface area (Å²) in [7, 11) is 0. The number of hydrogen-bond donors (Lipinski definition) is 1. The van der Waals surface area contributed by atoms with Crippen LogP contribution < -0.4 is 5.32 Å². The van der Waals surface area contributed by atoms with E-state index in [4.69, 9.17) is 11.6 Å². The molecule has 1 N–H and O–H groups in total. The lowest BCUT2D eigenvalue weighted by molar-refractivity contribution is -0.133. The maximum Gasteiger partial charge on any atom is 0.255 e. The van der Waals surface area contributed by atoms with Gasteiger partial charge in [0.25, 0.3) is 5.91 Å². The molecule has 1 atom stereocenters. The van der Waals surface area contributed by atoms with Crippen molar-refractivity contribution in [1.82, 2.24) is 20.0 Å². The number of nitrogens with zero attached hydrogens (tertiary/aromatic N) is 3. The standard InChI is InChI=1S/C19H23ClN4O2/c1-13(19(26)23-10-6-3-7-11-23)22-18(25)15-12-21-24(14(15)2)17-9-5-4-8-16(17)20/h4-5,8-9,12-13H,3,6-7,10-11H2,1-2H3,(H,22,25). The highest BCUT2D eigenvalue weighted by Crippen LogP contribution is 2.22. The van der Waals surface area contributed by atoms with Gasteiger partial charge in [-0.25, -0.2) is 4.68 Å². The van der Waals surface area contributed by atoms with Crippen molar-refractivity contribution in [1.29, 1.82) is 0 Å². The number of benzene rings is 1. The van der Waals surface area contributed by atoms with Crippen LogP contribution in [0.4, 0.5) is 0 Å². The number of piperidine rings is 1. The molecule has 2 aromatic rings. The first-order valence-corrected chi connectivity index (χ1v) is 9.26. The van der Waals surface area contributed by atoms with Gasteiger partial charge in [0.15, 0.2) is 0 Å². The lowest BCUT2D eigenvalue weighted by Crippen LogP contribution is -2.48. The Morgan fingerprint density at radius 3 is 2.58 bits per heavy atom. The summed E-state index contributed by atoms with van der Waals surface area (Å²) in [5, 5.41) is 7.64. The van der Waals surface area contributed by atoms with Crippen LogP contribution in [0.3, 0.4) is 0 Å². The molecule has 6 nitrogen and oxygen atoms in total. The van der Waals surface area contributed by atoms with Crippen LogP contribution in [0.15, 0.2) is 30.5 Å². The molecule has 1 saturated heterocycles. The number of para-hydroxylation sites is 1. The number of hydrogen-bond acceptors (Lipinski definition) is 3. The van der Waals surface area contributed by atoms with E-state index < -0.39 is 6.04 Å². The Bertz CT molecular complexity index is 812. The molecule has 1 aromatic heterocycles. The molecule has 0 spiro atoms. The predicted molar refractivity (Wildman–Crippen MR) is 101 cm³/mol. The summed E-state index contributed by atoms with van der Waals surface area (Å²) in [5.41, 5.74) is 1.82. The van der Waals surface area contributed by atoms with Crippen molar-refractivity contribution in [3.05, 3.63) is 46.7 Å². The van der Waals surface area contributed by atoms with Gasteiger partial charge in [0.2, 0.25) is 5.91 Å². The third-order valence-electron chi connectivity index (χ3n) is 4.72. The molecule has 0 radical (unpaired) electrons. The van der Waals surface area contributed by atoms with E-state index >= 15 is 0 Å². The molecule has 26 heavy (non-hydrogen) atoms. The molecular weight excluding hydrogens is 352 g/mol. The monoisotopic (exact) mass is 374 g/mol. The highest BCUT2D eigenvalue weighted by atomic mass is 35.5. The summed E-state index contributed by atoms with van der Waals surface area (Å²) >= 11 is 6.22. The molecule has 1 aliphatic rings. The molecule has 138 valence electrons. The molecule has 0 saturated carbocycles. The Morgan fingerprint density at radius 1 is 1.19 bits per heavy atom. The van der Waals surface area contributed by atoms with Crippen molar-refractivity contribution in [3.63, 3.8) is 0 Å². The molecule has 0 aliphatic carbocycles. The van der Waals surface area contributed by atoms with E-state index in [0.717, 1.165) is 32.4 Å². The summed E-state index contributed by atoms with van der Waals surface area (Å²) < 4.78 is 1.63. The number of rotatable bonds is 4. The Hall–Kier alpha value is -2.34. The van der Waals surface area contributed by atoms with E-state index in [-0.39, 0.29) is 11.8 Å². The van der Waals surface area contributed by atoms with Gasteiger partial charge in [0.05, 0.1) is 28.2 Å². The van der Waals surface area contributed by atoms with E-state index in [1.165, 1.54) is 6.20 Å². The average Bonchev–Trinajstić information content (AvgIpc) is 3.03. The number of likely N-dealkylation sites (tertiary alicyclic amines) is 1. The molecule has 1 aromatic carbocycles. The summed E-state index contributed by atoms with van der Waals surface area (Å²) in [5.74, 6) is -0.340. The van der Waals surface area contributed by atoms with Crippen LogP contribution in [0.5, 0.6) is 0 Å². The van der Waals surface area contributed by atoms with E-state index in [1.807, 2.05) is 30.0 Å². The topological polar surface area (TPSA) is 67.2 Å². The van der Waals surface area contributed by atoms with Crippen molar-refractivity contribution < 1.29 is 9.59 Å². The second-order valence-electron chi connectivity index (χ2n) is 6.59. The Balaban J connectivity index is 1.72. The third-order valence-corrected chi connectivity index (χ3v) is 5.04. The SMILES string of the molecule is Cc1c(C(=O)NC(C)C(=O)N2CCCCC2)cnn1-c1ccccc1Cl. The van der Waals surface area contributed by atoms with Gasteiger partial charge in [0, 0.05) is 13.1 Å². The summed E-state index contributed by atoms with van der Waals surface area (Å²) in [6.07, 6.45) is 4.71. The number of halogens is 1. The quantitative estimate of drug-likeness (QED) is 0.894. The van der Waals surface area contributed by atoms with Gasteiger partial charge in [-0.1, -0.05) is 23.7 Å². The van der Waals surface area contributed by atoms with Crippen LogP contribution >= 0.6 is 11.6 Å². The third kappa shape index (κ3) is 3.75. The first-order chi connectivity index (χ1) is 12.5. The fourth-order valence-electron chi connectivity index (χ4n) is 3.22. The number of carbonyl (C=O) groups is 2.